The second kappa shape index (κ2) is 5.12. The maximum absolute atomic E-state index is 11.7. The van der Waals surface area contributed by atoms with E-state index in [9.17, 15) is 4.79 Å². The number of nitrogens with one attached hydrogen (secondary N) is 1. The molecule has 92 valence electrons. The van der Waals surface area contributed by atoms with Crippen molar-refractivity contribution >= 4 is 11.9 Å². The summed E-state index contributed by atoms with van der Waals surface area (Å²) in [4.78, 5) is 22.0. The fourth-order valence-electron chi connectivity index (χ4n) is 1.69. The van der Waals surface area contributed by atoms with Crippen LogP contribution < -0.4 is 10.2 Å². The van der Waals surface area contributed by atoms with Crippen molar-refractivity contribution in [3.8, 4) is 0 Å². The van der Waals surface area contributed by atoms with E-state index in [1.807, 2.05) is 25.1 Å². The summed E-state index contributed by atoms with van der Waals surface area (Å²) in [5.74, 6) is 1.05. The van der Waals surface area contributed by atoms with Crippen LogP contribution in [0.3, 0.4) is 0 Å². The third-order valence-electron chi connectivity index (χ3n) is 3.02. The van der Waals surface area contributed by atoms with E-state index < -0.39 is 0 Å². The average molecular weight is 234 g/mol. The van der Waals surface area contributed by atoms with Gasteiger partial charge >= 0.3 is 0 Å². The number of carbonyl (C=O) groups excluding carboxylic acids is 1. The predicted molar refractivity (Wildman–Crippen MR) is 65.5 cm³/mol. The van der Waals surface area contributed by atoms with Gasteiger partial charge in [0, 0.05) is 26.2 Å². The van der Waals surface area contributed by atoms with Crippen LogP contribution in [0.1, 0.15) is 25.0 Å². The van der Waals surface area contributed by atoms with Crippen LogP contribution in [0.5, 0.6) is 0 Å². The van der Waals surface area contributed by atoms with E-state index in [1.54, 1.807) is 6.20 Å². The normalized spacial score (nSPS) is 15.2. The van der Waals surface area contributed by atoms with Gasteiger partial charge in [0.2, 0.25) is 11.9 Å². The fourth-order valence-corrected chi connectivity index (χ4v) is 1.69. The van der Waals surface area contributed by atoms with Gasteiger partial charge in [0.05, 0.1) is 12.2 Å². The van der Waals surface area contributed by atoms with Crippen LogP contribution >= 0.6 is 0 Å². The van der Waals surface area contributed by atoms with Gasteiger partial charge in [-0.15, -0.1) is 0 Å². The summed E-state index contributed by atoms with van der Waals surface area (Å²) in [5, 5.41) is 2.92. The summed E-state index contributed by atoms with van der Waals surface area (Å²) in [6, 6.07) is 1.83. The monoisotopic (exact) mass is 234 g/mol. The number of aromatic nitrogens is 2. The summed E-state index contributed by atoms with van der Waals surface area (Å²) >= 11 is 0. The Kier molecular flexibility index (Phi) is 3.56. The first kappa shape index (κ1) is 11.8. The van der Waals surface area contributed by atoms with Crippen molar-refractivity contribution in [2.45, 2.75) is 25.8 Å². The quantitative estimate of drug-likeness (QED) is 0.843. The Labute approximate surface area is 101 Å². The minimum atomic E-state index is 0.154. The van der Waals surface area contributed by atoms with Crippen molar-refractivity contribution in [3.05, 3.63) is 18.0 Å². The standard InChI is InChI=1S/C12H18N4O/c1-16(2)12-13-7-6-10(15-12)8-14-11(17)9-4-3-5-9/h6-7,9H,3-5,8H2,1-2H3,(H,14,17). The summed E-state index contributed by atoms with van der Waals surface area (Å²) < 4.78 is 0. The lowest BCUT2D eigenvalue weighted by Crippen LogP contribution is -2.34. The van der Waals surface area contributed by atoms with Crippen LogP contribution in [-0.4, -0.2) is 30.0 Å². The average Bonchev–Trinajstić information content (AvgIpc) is 2.24. The first-order valence-corrected chi connectivity index (χ1v) is 5.94. The van der Waals surface area contributed by atoms with Crippen LogP contribution in [0.4, 0.5) is 5.95 Å². The number of anilines is 1. The van der Waals surface area contributed by atoms with Crippen molar-refractivity contribution in [2.75, 3.05) is 19.0 Å². The van der Waals surface area contributed by atoms with Gasteiger partial charge in [-0.2, -0.15) is 0 Å². The fraction of sp³-hybridized carbons (Fsp3) is 0.583. The molecule has 0 unspecified atom stereocenters. The number of hydrogen-bond acceptors (Lipinski definition) is 4. The van der Waals surface area contributed by atoms with Gasteiger partial charge < -0.3 is 10.2 Å². The van der Waals surface area contributed by atoms with E-state index in [-0.39, 0.29) is 11.8 Å². The third-order valence-corrected chi connectivity index (χ3v) is 3.02. The second-order valence-corrected chi connectivity index (χ2v) is 4.59. The molecule has 17 heavy (non-hydrogen) atoms. The second-order valence-electron chi connectivity index (χ2n) is 4.59. The first-order valence-electron chi connectivity index (χ1n) is 5.94. The van der Waals surface area contributed by atoms with Crippen molar-refractivity contribution in [3.63, 3.8) is 0 Å². The molecule has 0 spiro atoms. The Morgan fingerprint density at radius 2 is 2.29 bits per heavy atom. The molecule has 1 heterocycles. The van der Waals surface area contributed by atoms with Crippen molar-refractivity contribution in [1.82, 2.24) is 15.3 Å². The minimum Gasteiger partial charge on any atom is -0.350 e. The SMILES string of the molecule is CN(C)c1nccc(CNC(=O)C2CCC2)n1. The zero-order valence-electron chi connectivity index (χ0n) is 10.3. The summed E-state index contributed by atoms with van der Waals surface area (Å²) in [6.07, 6.45) is 4.95. The molecule has 5 heteroatoms. The lowest BCUT2D eigenvalue weighted by Gasteiger charge is -2.23. The molecule has 1 N–H and O–H groups in total. The number of carbonyl (C=O) groups is 1. The molecule has 0 atom stereocenters. The maximum Gasteiger partial charge on any atom is 0.225 e. The molecule has 0 bridgehead atoms. The highest BCUT2D eigenvalue weighted by Gasteiger charge is 2.24. The molecule has 1 fully saturated rings. The lowest BCUT2D eigenvalue weighted by molar-refractivity contribution is -0.127. The zero-order valence-corrected chi connectivity index (χ0v) is 10.3. The molecule has 5 nitrogen and oxygen atoms in total. The van der Waals surface area contributed by atoms with E-state index in [4.69, 9.17) is 0 Å². The highest BCUT2D eigenvalue weighted by atomic mass is 16.1. The Bertz CT molecular complexity index is 401. The van der Waals surface area contributed by atoms with Crippen LogP contribution in [0.15, 0.2) is 12.3 Å². The van der Waals surface area contributed by atoms with Gasteiger partial charge in [-0.3, -0.25) is 4.79 Å². The summed E-state index contributed by atoms with van der Waals surface area (Å²) in [6.45, 7) is 0.485. The number of amides is 1. The van der Waals surface area contributed by atoms with Gasteiger partial charge in [0.1, 0.15) is 0 Å². The van der Waals surface area contributed by atoms with E-state index in [2.05, 4.69) is 15.3 Å². The molecule has 0 aromatic carbocycles. The number of rotatable bonds is 4. The van der Waals surface area contributed by atoms with Crippen molar-refractivity contribution in [2.24, 2.45) is 5.92 Å². The van der Waals surface area contributed by atoms with Crippen molar-refractivity contribution < 1.29 is 4.79 Å². The highest BCUT2D eigenvalue weighted by Crippen LogP contribution is 2.26. The van der Waals surface area contributed by atoms with E-state index in [0.29, 0.717) is 12.5 Å². The molecule has 1 saturated carbocycles. The highest BCUT2D eigenvalue weighted by molar-refractivity contribution is 5.79. The first-order chi connectivity index (χ1) is 8.16. The Morgan fingerprint density at radius 3 is 2.88 bits per heavy atom. The third kappa shape index (κ3) is 2.93. The molecular formula is C12H18N4O. The predicted octanol–water partition coefficient (Wildman–Crippen LogP) is 0.959. The van der Waals surface area contributed by atoms with Gasteiger partial charge in [0.15, 0.2) is 0 Å². The topological polar surface area (TPSA) is 58.1 Å². The molecule has 1 aliphatic rings. The molecule has 0 radical (unpaired) electrons. The van der Waals surface area contributed by atoms with Gasteiger partial charge in [-0.25, -0.2) is 9.97 Å². The zero-order chi connectivity index (χ0) is 12.3. The van der Waals surface area contributed by atoms with E-state index >= 15 is 0 Å². The minimum absolute atomic E-state index is 0.154. The molecule has 1 aromatic heterocycles. The van der Waals surface area contributed by atoms with Gasteiger partial charge in [-0.05, 0) is 18.9 Å². The molecular weight excluding hydrogens is 216 g/mol. The van der Waals surface area contributed by atoms with Crippen LogP contribution in [0.2, 0.25) is 0 Å². The molecule has 0 saturated heterocycles. The maximum atomic E-state index is 11.7. The summed E-state index contributed by atoms with van der Waals surface area (Å²) in [5.41, 5.74) is 0.844. The van der Waals surface area contributed by atoms with Crippen LogP contribution in [0, 0.1) is 5.92 Å². The van der Waals surface area contributed by atoms with E-state index in [0.717, 1.165) is 18.5 Å². The van der Waals surface area contributed by atoms with E-state index in [1.165, 1.54) is 6.42 Å². The molecule has 1 amide bonds. The van der Waals surface area contributed by atoms with Crippen molar-refractivity contribution in [1.29, 1.82) is 0 Å². The Balaban J connectivity index is 1.89. The molecule has 0 aliphatic heterocycles. The molecule has 2 rings (SSSR count). The number of hydrogen-bond donors (Lipinski definition) is 1. The molecule has 1 aliphatic carbocycles. The van der Waals surface area contributed by atoms with Gasteiger partial charge in [-0.1, -0.05) is 6.42 Å². The summed E-state index contributed by atoms with van der Waals surface area (Å²) in [7, 11) is 3.79. The Hall–Kier alpha value is -1.65. The van der Waals surface area contributed by atoms with Gasteiger partial charge in [0.25, 0.3) is 0 Å². The largest absolute Gasteiger partial charge is 0.350 e. The number of nitrogens with zero attached hydrogens (tertiary/aromatic N) is 3. The lowest BCUT2D eigenvalue weighted by atomic mass is 9.85. The smallest absolute Gasteiger partial charge is 0.225 e. The van der Waals surface area contributed by atoms with Crippen LogP contribution in [-0.2, 0) is 11.3 Å². The Morgan fingerprint density at radius 1 is 1.53 bits per heavy atom. The van der Waals surface area contributed by atoms with Crippen LogP contribution in [0.25, 0.3) is 0 Å². The molecule has 1 aromatic rings.